The molecule has 104 valence electrons. The topological polar surface area (TPSA) is 30.5 Å². The van der Waals surface area contributed by atoms with E-state index in [1.165, 1.54) is 19.3 Å². The molecule has 1 unspecified atom stereocenters. The summed E-state index contributed by atoms with van der Waals surface area (Å²) in [6, 6.07) is 7.75. The van der Waals surface area contributed by atoms with E-state index in [-0.39, 0.29) is 0 Å². The van der Waals surface area contributed by atoms with Crippen molar-refractivity contribution in [2.24, 2.45) is 5.92 Å². The van der Waals surface area contributed by atoms with Crippen LogP contribution in [0.2, 0.25) is 0 Å². The number of hydrogen-bond acceptors (Lipinski definition) is 3. The summed E-state index contributed by atoms with van der Waals surface area (Å²) in [7, 11) is 1.66. The summed E-state index contributed by atoms with van der Waals surface area (Å²) in [4.78, 5) is 0. The van der Waals surface area contributed by atoms with Gasteiger partial charge in [0.1, 0.15) is 6.61 Å². The first-order valence-corrected chi connectivity index (χ1v) is 7.01. The lowest BCUT2D eigenvalue weighted by molar-refractivity contribution is 0.287. The van der Waals surface area contributed by atoms with Crippen LogP contribution >= 0.6 is 0 Å². The quantitative estimate of drug-likeness (QED) is 0.604. The van der Waals surface area contributed by atoms with Gasteiger partial charge in [0.05, 0.1) is 7.11 Å². The van der Waals surface area contributed by atoms with Crippen molar-refractivity contribution in [3.63, 3.8) is 0 Å². The zero-order chi connectivity index (χ0) is 13.3. The van der Waals surface area contributed by atoms with Crippen LogP contribution < -0.4 is 14.8 Å². The second-order valence-electron chi connectivity index (χ2n) is 4.85. The molecular weight excluding hydrogens is 238 g/mol. The SMILES string of the molecule is COc1ccccc1OCCNCC1CC=CCC1. The molecule has 0 saturated heterocycles. The van der Waals surface area contributed by atoms with Gasteiger partial charge in [-0.3, -0.25) is 0 Å². The summed E-state index contributed by atoms with van der Waals surface area (Å²) in [6.45, 7) is 2.63. The molecule has 0 radical (unpaired) electrons. The van der Waals surface area contributed by atoms with Crippen molar-refractivity contribution < 1.29 is 9.47 Å². The van der Waals surface area contributed by atoms with Gasteiger partial charge in [-0.25, -0.2) is 0 Å². The van der Waals surface area contributed by atoms with E-state index in [0.29, 0.717) is 6.61 Å². The van der Waals surface area contributed by atoms with Gasteiger partial charge < -0.3 is 14.8 Å². The Bertz CT molecular complexity index is 403. The van der Waals surface area contributed by atoms with Crippen molar-refractivity contribution in [2.75, 3.05) is 26.8 Å². The first-order valence-electron chi connectivity index (χ1n) is 7.01. The molecule has 0 bridgehead atoms. The van der Waals surface area contributed by atoms with E-state index in [1.54, 1.807) is 7.11 Å². The van der Waals surface area contributed by atoms with Gasteiger partial charge in [0.25, 0.3) is 0 Å². The Morgan fingerprint density at radius 2 is 2.05 bits per heavy atom. The number of rotatable bonds is 7. The van der Waals surface area contributed by atoms with E-state index < -0.39 is 0 Å². The summed E-state index contributed by atoms with van der Waals surface area (Å²) < 4.78 is 11.0. The minimum Gasteiger partial charge on any atom is -0.493 e. The number of allylic oxidation sites excluding steroid dienone is 2. The molecule has 0 spiro atoms. The minimum atomic E-state index is 0.670. The number of methoxy groups -OCH3 is 1. The van der Waals surface area contributed by atoms with Gasteiger partial charge in [-0.1, -0.05) is 24.3 Å². The molecule has 19 heavy (non-hydrogen) atoms. The van der Waals surface area contributed by atoms with Crippen molar-refractivity contribution in [3.05, 3.63) is 36.4 Å². The highest BCUT2D eigenvalue weighted by Crippen LogP contribution is 2.25. The molecule has 2 rings (SSSR count). The molecule has 3 heteroatoms. The number of benzene rings is 1. The Balaban J connectivity index is 1.62. The average molecular weight is 261 g/mol. The number of ether oxygens (including phenoxy) is 2. The molecule has 0 amide bonds. The van der Waals surface area contributed by atoms with Crippen LogP contribution in [0.25, 0.3) is 0 Å². The first kappa shape index (κ1) is 13.9. The van der Waals surface area contributed by atoms with Gasteiger partial charge in [0, 0.05) is 6.54 Å². The van der Waals surface area contributed by atoms with Crippen molar-refractivity contribution in [3.8, 4) is 11.5 Å². The minimum absolute atomic E-state index is 0.670. The molecule has 1 aromatic rings. The highest BCUT2D eigenvalue weighted by Gasteiger charge is 2.08. The summed E-state index contributed by atoms with van der Waals surface area (Å²) >= 11 is 0. The van der Waals surface area contributed by atoms with Crippen molar-refractivity contribution in [1.29, 1.82) is 0 Å². The molecule has 0 heterocycles. The Morgan fingerprint density at radius 1 is 1.21 bits per heavy atom. The highest BCUT2D eigenvalue weighted by molar-refractivity contribution is 5.39. The van der Waals surface area contributed by atoms with E-state index in [1.807, 2.05) is 24.3 Å². The van der Waals surface area contributed by atoms with E-state index in [4.69, 9.17) is 9.47 Å². The smallest absolute Gasteiger partial charge is 0.161 e. The summed E-state index contributed by atoms with van der Waals surface area (Å²) in [6.07, 6.45) is 8.31. The van der Waals surface area contributed by atoms with Crippen LogP contribution in [-0.4, -0.2) is 26.8 Å². The lowest BCUT2D eigenvalue weighted by atomic mass is 9.94. The van der Waals surface area contributed by atoms with Gasteiger partial charge in [-0.2, -0.15) is 0 Å². The molecule has 1 N–H and O–H groups in total. The third kappa shape index (κ3) is 4.60. The molecule has 0 fully saturated rings. The zero-order valence-corrected chi connectivity index (χ0v) is 11.6. The van der Waals surface area contributed by atoms with Crippen LogP contribution in [0.15, 0.2) is 36.4 Å². The van der Waals surface area contributed by atoms with E-state index in [9.17, 15) is 0 Å². The molecule has 0 aromatic heterocycles. The maximum atomic E-state index is 5.72. The first-order chi connectivity index (χ1) is 9.40. The summed E-state index contributed by atoms with van der Waals surface area (Å²) in [5.41, 5.74) is 0. The Morgan fingerprint density at radius 3 is 2.79 bits per heavy atom. The second kappa shape index (κ2) is 7.85. The van der Waals surface area contributed by atoms with Crippen molar-refractivity contribution in [2.45, 2.75) is 19.3 Å². The predicted octanol–water partition coefficient (Wildman–Crippen LogP) is 3.02. The lowest BCUT2D eigenvalue weighted by Crippen LogP contribution is -2.27. The second-order valence-corrected chi connectivity index (χ2v) is 4.85. The molecule has 1 aliphatic carbocycles. The molecular formula is C16H23NO2. The van der Waals surface area contributed by atoms with Crippen LogP contribution in [0.1, 0.15) is 19.3 Å². The molecule has 1 atom stereocenters. The maximum absolute atomic E-state index is 5.72. The molecule has 1 aliphatic rings. The monoisotopic (exact) mass is 261 g/mol. The van der Waals surface area contributed by atoms with E-state index in [0.717, 1.165) is 30.5 Å². The van der Waals surface area contributed by atoms with Gasteiger partial charge in [-0.15, -0.1) is 0 Å². The van der Waals surface area contributed by atoms with Gasteiger partial charge in [0.2, 0.25) is 0 Å². The zero-order valence-electron chi connectivity index (χ0n) is 11.6. The normalized spacial score (nSPS) is 18.3. The molecule has 1 aromatic carbocycles. The average Bonchev–Trinajstić information content (AvgIpc) is 2.48. The standard InChI is InChI=1S/C16H23NO2/c1-18-15-9-5-6-10-16(15)19-12-11-17-13-14-7-3-2-4-8-14/h2-3,5-6,9-10,14,17H,4,7-8,11-13H2,1H3. The van der Waals surface area contributed by atoms with E-state index >= 15 is 0 Å². The molecule has 0 saturated carbocycles. The fraction of sp³-hybridized carbons (Fsp3) is 0.500. The van der Waals surface area contributed by atoms with Crippen LogP contribution in [0, 0.1) is 5.92 Å². The molecule has 3 nitrogen and oxygen atoms in total. The Hall–Kier alpha value is -1.48. The van der Waals surface area contributed by atoms with Gasteiger partial charge in [0.15, 0.2) is 11.5 Å². The maximum Gasteiger partial charge on any atom is 0.161 e. The Labute approximate surface area is 115 Å². The van der Waals surface area contributed by atoms with Crippen LogP contribution in [0.5, 0.6) is 11.5 Å². The van der Waals surface area contributed by atoms with Crippen LogP contribution in [0.4, 0.5) is 0 Å². The van der Waals surface area contributed by atoms with Crippen molar-refractivity contribution in [1.82, 2.24) is 5.32 Å². The fourth-order valence-electron chi connectivity index (χ4n) is 2.32. The lowest BCUT2D eigenvalue weighted by Gasteiger charge is -2.18. The number of nitrogens with one attached hydrogen (secondary N) is 1. The number of para-hydroxylation sites is 2. The van der Waals surface area contributed by atoms with Crippen LogP contribution in [-0.2, 0) is 0 Å². The van der Waals surface area contributed by atoms with Crippen LogP contribution in [0.3, 0.4) is 0 Å². The molecule has 0 aliphatic heterocycles. The van der Waals surface area contributed by atoms with E-state index in [2.05, 4.69) is 17.5 Å². The highest BCUT2D eigenvalue weighted by atomic mass is 16.5. The fourth-order valence-corrected chi connectivity index (χ4v) is 2.32. The third-order valence-corrected chi connectivity index (χ3v) is 3.42. The van der Waals surface area contributed by atoms with Gasteiger partial charge >= 0.3 is 0 Å². The van der Waals surface area contributed by atoms with Crippen molar-refractivity contribution >= 4 is 0 Å². The predicted molar refractivity (Wildman–Crippen MR) is 77.8 cm³/mol. The summed E-state index contributed by atoms with van der Waals surface area (Å²) in [5.74, 6) is 2.39. The summed E-state index contributed by atoms with van der Waals surface area (Å²) in [5, 5.41) is 3.46. The third-order valence-electron chi connectivity index (χ3n) is 3.42. The Kier molecular flexibility index (Phi) is 5.76. The largest absolute Gasteiger partial charge is 0.493 e. The number of hydrogen-bond donors (Lipinski definition) is 1. The van der Waals surface area contributed by atoms with Gasteiger partial charge in [-0.05, 0) is 43.9 Å².